The minimum atomic E-state index is -0.228. The second-order valence-corrected chi connectivity index (χ2v) is 4.61. The molecule has 0 aromatic heterocycles. The lowest BCUT2D eigenvalue weighted by molar-refractivity contribution is 0.309. The first-order valence-electron chi connectivity index (χ1n) is 6.38. The van der Waals surface area contributed by atoms with E-state index in [0.29, 0.717) is 17.9 Å². The van der Waals surface area contributed by atoms with E-state index in [4.69, 9.17) is 10.5 Å². The summed E-state index contributed by atoms with van der Waals surface area (Å²) in [4.78, 5) is 0. The molecule has 0 radical (unpaired) electrons. The molecule has 2 aromatic rings. The fourth-order valence-corrected chi connectivity index (χ4v) is 1.88. The van der Waals surface area contributed by atoms with Crippen LogP contribution in [0.25, 0.3) is 0 Å². The van der Waals surface area contributed by atoms with Crippen molar-refractivity contribution >= 4 is 5.69 Å². The van der Waals surface area contributed by atoms with E-state index in [0.717, 1.165) is 18.5 Å². The summed E-state index contributed by atoms with van der Waals surface area (Å²) in [5.74, 6) is 0.351. The predicted octanol–water partition coefficient (Wildman–Crippen LogP) is 3.73. The molecule has 0 aliphatic carbocycles. The summed E-state index contributed by atoms with van der Waals surface area (Å²) in [6.07, 6.45) is 1.78. The van der Waals surface area contributed by atoms with E-state index in [1.807, 2.05) is 24.3 Å². The average molecular weight is 259 g/mol. The van der Waals surface area contributed by atoms with Crippen LogP contribution in [-0.2, 0) is 6.42 Å². The van der Waals surface area contributed by atoms with E-state index in [1.54, 1.807) is 19.1 Å². The Labute approximate surface area is 113 Å². The van der Waals surface area contributed by atoms with Gasteiger partial charge in [-0.2, -0.15) is 0 Å². The highest BCUT2D eigenvalue weighted by atomic mass is 19.1. The molecule has 0 amide bonds. The van der Waals surface area contributed by atoms with E-state index >= 15 is 0 Å². The fourth-order valence-electron chi connectivity index (χ4n) is 1.88. The summed E-state index contributed by atoms with van der Waals surface area (Å²) >= 11 is 0. The van der Waals surface area contributed by atoms with Crippen LogP contribution in [0.5, 0.6) is 5.75 Å². The summed E-state index contributed by atoms with van der Waals surface area (Å²) in [7, 11) is 0. The standard InChI is InChI=1S/C16H18FNO/c1-12-7-8-15(11-16(12)17)19-9-3-5-13-4-2-6-14(18)10-13/h2,4,6-8,10-11H,3,5,9,18H2,1H3. The number of benzene rings is 2. The van der Waals surface area contributed by atoms with Gasteiger partial charge in [0.1, 0.15) is 11.6 Å². The molecule has 2 rings (SSSR count). The summed E-state index contributed by atoms with van der Waals surface area (Å²) in [5, 5.41) is 0. The maximum Gasteiger partial charge on any atom is 0.129 e. The van der Waals surface area contributed by atoms with Crippen LogP contribution < -0.4 is 10.5 Å². The number of hydrogen-bond donors (Lipinski definition) is 1. The zero-order valence-corrected chi connectivity index (χ0v) is 11.0. The van der Waals surface area contributed by atoms with Crippen molar-refractivity contribution in [1.82, 2.24) is 0 Å². The Bertz CT molecular complexity index is 554. The molecule has 0 aliphatic rings. The van der Waals surface area contributed by atoms with Gasteiger partial charge in [0.05, 0.1) is 6.61 Å². The van der Waals surface area contributed by atoms with Gasteiger partial charge < -0.3 is 10.5 Å². The molecule has 0 saturated carbocycles. The second-order valence-electron chi connectivity index (χ2n) is 4.61. The Morgan fingerprint density at radius 1 is 1.16 bits per heavy atom. The van der Waals surface area contributed by atoms with Crippen molar-refractivity contribution in [2.24, 2.45) is 0 Å². The third kappa shape index (κ3) is 3.98. The molecule has 0 fully saturated rings. The van der Waals surface area contributed by atoms with E-state index < -0.39 is 0 Å². The predicted molar refractivity (Wildman–Crippen MR) is 75.8 cm³/mol. The molecule has 100 valence electrons. The lowest BCUT2D eigenvalue weighted by atomic mass is 10.1. The average Bonchev–Trinajstić information content (AvgIpc) is 2.39. The van der Waals surface area contributed by atoms with Crippen molar-refractivity contribution in [2.45, 2.75) is 19.8 Å². The molecule has 0 spiro atoms. The smallest absolute Gasteiger partial charge is 0.129 e. The van der Waals surface area contributed by atoms with Gasteiger partial charge in [0, 0.05) is 11.8 Å². The van der Waals surface area contributed by atoms with E-state index in [9.17, 15) is 4.39 Å². The third-order valence-corrected chi connectivity index (χ3v) is 2.97. The highest BCUT2D eigenvalue weighted by molar-refractivity contribution is 5.40. The Kier molecular flexibility index (Phi) is 4.39. The first-order chi connectivity index (χ1) is 9.15. The van der Waals surface area contributed by atoms with Gasteiger partial charge >= 0.3 is 0 Å². The van der Waals surface area contributed by atoms with Crippen molar-refractivity contribution < 1.29 is 9.13 Å². The number of ether oxygens (including phenoxy) is 1. The molecule has 0 bridgehead atoms. The summed E-state index contributed by atoms with van der Waals surface area (Å²) in [5.41, 5.74) is 8.31. The van der Waals surface area contributed by atoms with Crippen molar-refractivity contribution in [2.75, 3.05) is 12.3 Å². The van der Waals surface area contributed by atoms with Crippen LogP contribution in [0.3, 0.4) is 0 Å². The molecule has 0 heterocycles. The van der Waals surface area contributed by atoms with Crippen LogP contribution >= 0.6 is 0 Å². The summed E-state index contributed by atoms with van der Waals surface area (Å²) in [6, 6.07) is 12.8. The van der Waals surface area contributed by atoms with Gasteiger partial charge in [0.25, 0.3) is 0 Å². The van der Waals surface area contributed by atoms with Crippen LogP contribution in [0.4, 0.5) is 10.1 Å². The number of hydrogen-bond acceptors (Lipinski definition) is 2. The zero-order valence-electron chi connectivity index (χ0n) is 11.0. The molecule has 2 N–H and O–H groups in total. The largest absolute Gasteiger partial charge is 0.493 e. The lowest BCUT2D eigenvalue weighted by Gasteiger charge is -2.07. The SMILES string of the molecule is Cc1ccc(OCCCc2cccc(N)c2)cc1F. The lowest BCUT2D eigenvalue weighted by Crippen LogP contribution is -2.00. The topological polar surface area (TPSA) is 35.2 Å². The number of nitrogen functional groups attached to an aromatic ring is 1. The van der Waals surface area contributed by atoms with Gasteiger partial charge in [0.2, 0.25) is 0 Å². The maximum absolute atomic E-state index is 13.3. The molecule has 2 nitrogen and oxygen atoms in total. The fraction of sp³-hybridized carbons (Fsp3) is 0.250. The number of aryl methyl sites for hydroxylation is 2. The van der Waals surface area contributed by atoms with Gasteiger partial charge in [-0.25, -0.2) is 4.39 Å². The molecule has 3 heteroatoms. The van der Waals surface area contributed by atoms with Crippen LogP contribution in [0.15, 0.2) is 42.5 Å². The van der Waals surface area contributed by atoms with Crippen LogP contribution in [0.2, 0.25) is 0 Å². The molecule has 0 saturated heterocycles. The molecule has 0 atom stereocenters. The van der Waals surface area contributed by atoms with Gasteiger partial charge in [0.15, 0.2) is 0 Å². The Morgan fingerprint density at radius 3 is 2.74 bits per heavy atom. The van der Waals surface area contributed by atoms with Gasteiger partial charge in [-0.1, -0.05) is 18.2 Å². The molecule has 19 heavy (non-hydrogen) atoms. The zero-order chi connectivity index (χ0) is 13.7. The third-order valence-electron chi connectivity index (χ3n) is 2.97. The van der Waals surface area contributed by atoms with E-state index in [1.165, 1.54) is 11.6 Å². The Morgan fingerprint density at radius 2 is 2.00 bits per heavy atom. The van der Waals surface area contributed by atoms with Crippen LogP contribution in [-0.4, -0.2) is 6.61 Å². The van der Waals surface area contributed by atoms with Gasteiger partial charge in [-0.3, -0.25) is 0 Å². The molecule has 0 aliphatic heterocycles. The Balaban J connectivity index is 1.79. The number of nitrogens with two attached hydrogens (primary N) is 1. The van der Waals surface area contributed by atoms with Crippen molar-refractivity contribution in [3.05, 3.63) is 59.4 Å². The molecular formula is C16H18FNO. The first kappa shape index (κ1) is 13.4. The molecule has 2 aromatic carbocycles. The maximum atomic E-state index is 13.3. The van der Waals surface area contributed by atoms with Crippen molar-refractivity contribution in [3.8, 4) is 5.75 Å². The van der Waals surface area contributed by atoms with Crippen molar-refractivity contribution in [1.29, 1.82) is 0 Å². The van der Waals surface area contributed by atoms with Crippen LogP contribution in [0, 0.1) is 12.7 Å². The number of rotatable bonds is 5. The minimum absolute atomic E-state index is 0.228. The minimum Gasteiger partial charge on any atom is -0.493 e. The molecular weight excluding hydrogens is 241 g/mol. The highest BCUT2D eigenvalue weighted by Gasteiger charge is 2.00. The van der Waals surface area contributed by atoms with Gasteiger partial charge in [-0.05, 0) is 49.1 Å². The monoisotopic (exact) mass is 259 g/mol. The Hall–Kier alpha value is -2.03. The summed E-state index contributed by atoms with van der Waals surface area (Å²) < 4.78 is 18.8. The van der Waals surface area contributed by atoms with E-state index in [2.05, 4.69) is 0 Å². The van der Waals surface area contributed by atoms with Crippen molar-refractivity contribution in [3.63, 3.8) is 0 Å². The van der Waals surface area contributed by atoms with Crippen LogP contribution in [0.1, 0.15) is 17.5 Å². The normalized spacial score (nSPS) is 10.4. The molecule has 0 unspecified atom stereocenters. The quantitative estimate of drug-likeness (QED) is 0.656. The van der Waals surface area contributed by atoms with E-state index in [-0.39, 0.29) is 5.82 Å². The van der Waals surface area contributed by atoms with Gasteiger partial charge in [-0.15, -0.1) is 0 Å². The second kappa shape index (κ2) is 6.23. The summed E-state index contributed by atoms with van der Waals surface area (Å²) in [6.45, 7) is 2.30. The first-order valence-corrected chi connectivity index (χ1v) is 6.38. The number of halogens is 1. The highest BCUT2D eigenvalue weighted by Crippen LogP contribution is 2.16. The number of anilines is 1.